The Morgan fingerprint density at radius 1 is 1.35 bits per heavy atom. The predicted molar refractivity (Wildman–Crippen MR) is 73.0 cm³/mol. The van der Waals surface area contributed by atoms with E-state index >= 15 is 0 Å². The highest BCUT2D eigenvalue weighted by molar-refractivity contribution is 8.00. The van der Waals surface area contributed by atoms with Crippen molar-refractivity contribution >= 4 is 17.7 Å². The third-order valence-electron chi connectivity index (χ3n) is 4.38. The summed E-state index contributed by atoms with van der Waals surface area (Å²) < 4.78 is 0.379. The number of hydrogen-bond donors (Lipinski definition) is 2. The second-order valence-electron chi connectivity index (χ2n) is 5.56. The van der Waals surface area contributed by atoms with Crippen LogP contribution in [0.5, 0.6) is 0 Å². The van der Waals surface area contributed by atoms with Gasteiger partial charge in [-0.25, -0.2) is 0 Å². The molecule has 2 fully saturated rings. The minimum Gasteiger partial charge on any atom is -0.354 e. The van der Waals surface area contributed by atoms with Gasteiger partial charge in [-0.1, -0.05) is 0 Å². The third-order valence-corrected chi connectivity index (χ3v) is 5.79. The van der Waals surface area contributed by atoms with Crippen molar-refractivity contribution in [3.05, 3.63) is 0 Å². The molecule has 0 atom stereocenters. The lowest BCUT2D eigenvalue weighted by Gasteiger charge is -2.27. The topological polar surface area (TPSA) is 55.1 Å². The molecule has 0 spiro atoms. The van der Waals surface area contributed by atoms with Crippen LogP contribution in [0.25, 0.3) is 0 Å². The van der Waals surface area contributed by atoms with E-state index in [2.05, 4.69) is 11.6 Å². The van der Waals surface area contributed by atoms with E-state index in [0.29, 0.717) is 10.7 Å². The van der Waals surface area contributed by atoms with Crippen LogP contribution < -0.4 is 11.1 Å². The summed E-state index contributed by atoms with van der Waals surface area (Å²) in [6.45, 7) is 1.65. The standard InChI is InChI=1S/C13H24N2OS/c1-17-13(6-7-13)9-15-12(16)11-4-2-10(8-14)3-5-11/h10-11H,2-9,14H2,1H3,(H,15,16). The minimum absolute atomic E-state index is 0.246. The summed E-state index contributed by atoms with van der Waals surface area (Å²) in [5.74, 6) is 1.18. The third kappa shape index (κ3) is 3.38. The fourth-order valence-electron chi connectivity index (χ4n) is 2.65. The smallest absolute Gasteiger partial charge is 0.223 e. The van der Waals surface area contributed by atoms with Gasteiger partial charge in [0, 0.05) is 17.2 Å². The molecule has 98 valence electrons. The molecule has 0 unspecified atom stereocenters. The van der Waals surface area contributed by atoms with Crippen LogP contribution in [0.15, 0.2) is 0 Å². The number of amides is 1. The second-order valence-corrected chi connectivity index (χ2v) is 6.83. The molecule has 1 amide bonds. The average Bonchev–Trinajstić information content (AvgIpc) is 3.17. The molecule has 4 heteroatoms. The van der Waals surface area contributed by atoms with Crippen molar-refractivity contribution in [1.29, 1.82) is 0 Å². The van der Waals surface area contributed by atoms with E-state index in [1.54, 1.807) is 0 Å². The quantitative estimate of drug-likeness (QED) is 0.788. The zero-order valence-electron chi connectivity index (χ0n) is 10.7. The van der Waals surface area contributed by atoms with Crippen LogP contribution in [0.1, 0.15) is 38.5 Å². The highest BCUT2D eigenvalue weighted by Gasteiger charge is 2.42. The summed E-state index contributed by atoms with van der Waals surface area (Å²) in [5, 5.41) is 3.15. The number of hydrogen-bond acceptors (Lipinski definition) is 3. The molecular weight excluding hydrogens is 232 g/mol. The van der Waals surface area contributed by atoms with Crippen molar-refractivity contribution in [2.24, 2.45) is 17.6 Å². The van der Waals surface area contributed by atoms with Crippen LogP contribution in [-0.4, -0.2) is 30.0 Å². The SMILES string of the molecule is CSC1(CNC(=O)C2CCC(CN)CC2)CC1. The van der Waals surface area contributed by atoms with Crippen LogP contribution in [0.2, 0.25) is 0 Å². The van der Waals surface area contributed by atoms with E-state index < -0.39 is 0 Å². The lowest BCUT2D eigenvalue weighted by Crippen LogP contribution is -2.38. The van der Waals surface area contributed by atoms with Gasteiger partial charge < -0.3 is 11.1 Å². The first kappa shape index (κ1) is 13.2. The van der Waals surface area contributed by atoms with E-state index in [1.807, 2.05) is 11.8 Å². The summed E-state index contributed by atoms with van der Waals surface area (Å²) in [4.78, 5) is 12.0. The van der Waals surface area contributed by atoms with E-state index in [9.17, 15) is 4.79 Å². The van der Waals surface area contributed by atoms with Crippen LogP contribution in [-0.2, 0) is 4.79 Å². The Hall–Kier alpha value is -0.220. The molecule has 17 heavy (non-hydrogen) atoms. The van der Waals surface area contributed by atoms with Gasteiger partial charge >= 0.3 is 0 Å². The Labute approximate surface area is 108 Å². The summed E-state index contributed by atoms with van der Waals surface area (Å²) in [6, 6.07) is 0. The first-order valence-electron chi connectivity index (χ1n) is 6.72. The molecule has 0 aromatic rings. The largest absolute Gasteiger partial charge is 0.354 e. The van der Waals surface area contributed by atoms with E-state index in [4.69, 9.17) is 5.73 Å². The highest BCUT2D eigenvalue weighted by atomic mass is 32.2. The first-order chi connectivity index (χ1) is 8.19. The highest BCUT2D eigenvalue weighted by Crippen LogP contribution is 2.46. The summed E-state index contributed by atoms with van der Waals surface area (Å²) in [6.07, 6.45) is 8.97. The molecule has 0 heterocycles. The van der Waals surface area contributed by atoms with E-state index in [-0.39, 0.29) is 11.8 Å². The van der Waals surface area contributed by atoms with Gasteiger partial charge in [0.15, 0.2) is 0 Å². The monoisotopic (exact) mass is 256 g/mol. The number of thioether (sulfide) groups is 1. The molecule has 0 aromatic heterocycles. The fraction of sp³-hybridized carbons (Fsp3) is 0.923. The van der Waals surface area contributed by atoms with Crippen LogP contribution in [0.4, 0.5) is 0 Å². The van der Waals surface area contributed by atoms with Crippen LogP contribution in [0.3, 0.4) is 0 Å². The summed E-state index contributed by atoms with van der Waals surface area (Å²) in [5.41, 5.74) is 5.66. The molecule has 0 aromatic carbocycles. The van der Waals surface area contributed by atoms with Gasteiger partial charge in [-0.3, -0.25) is 4.79 Å². The van der Waals surface area contributed by atoms with E-state index in [0.717, 1.165) is 38.8 Å². The molecule has 0 aliphatic heterocycles. The van der Waals surface area contributed by atoms with Crippen LogP contribution in [0, 0.1) is 11.8 Å². The van der Waals surface area contributed by atoms with Gasteiger partial charge in [0.2, 0.25) is 5.91 Å². The van der Waals surface area contributed by atoms with Crippen molar-refractivity contribution in [3.8, 4) is 0 Å². The number of nitrogens with two attached hydrogens (primary N) is 1. The number of carbonyl (C=O) groups is 1. The number of rotatable bonds is 5. The Bertz CT molecular complexity index is 271. The maximum Gasteiger partial charge on any atom is 0.223 e. The molecule has 2 aliphatic carbocycles. The molecule has 2 rings (SSSR count). The van der Waals surface area contributed by atoms with Crippen LogP contribution >= 0.6 is 11.8 Å². The maximum atomic E-state index is 12.0. The van der Waals surface area contributed by atoms with E-state index in [1.165, 1.54) is 12.8 Å². The van der Waals surface area contributed by atoms with Gasteiger partial charge in [0.25, 0.3) is 0 Å². The van der Waals surface area contributed by atoms with Gasteiger partial charge in [-0.2, -0.15) is 11.8 Å². The first-order valence-corrected chi connectivity index (χ1v) is 7.94. The Balaban J connectivity index is 1.70. The molecule has 0 saturated heterocycles. The minimum atomic E-state index is 0.246. The van der Waals surface area contributed by atoms with Crippen molar-refractivity contribution in [2.45, 2.75) is 43.3 Å². The van der Waals surface area contributed by atoms with Gasteiger partial charge in [0.1, 0.15) is 0 Å². The second kappa shape index (κ2) is 5.61. The average molecular weight is 256 g/mol. The molecule has 2 aliphatic rings. The van der Waals surface area contributed by atoms with Gasteiger partial charge in [0.05, 0.1) is 0 Å². The molecular formula is C13H24N2OS. The molecule has 2 saturated carbocycles. The molecule has 3 N–H and O–H groups in total. The Kier molecular flexibility index (Phi) is 4.36. The normalized spacial score (nSPS) is 30.9. The Morgan fingerprint density at radius 2 is 2.00 bits per heavy atom. The number of nitrogens with one attached hydrogen (secondary N) is 1. The molecule has 0 bridgehead atoms. The number of carbonyl (C=O) groups excluding carboxylic acids is 1. The van der Waals surface area contributed by atoms with Crippen molar-refractivity contribution < 1.29 is 4.79 Å². The lowest BCUT2D eigenvalue weighted by atomic mass is 9.81. The zero-order chi connectivity index (χ0) is 12.3. The maximum absolute atomic E-state index is 12.0. The summed E-state index contributed by atoms with van der Waals surface area (Å²) >= 11 is 1.90. The lowest BCUT2D eigenvalue weighted by molar-refractivity contribution is -0.126. The molecule has 3 nitrogen and oxygen atoms in total. The van der Waals surface area contributed by atoms with Crippen molar-refractivity contribution in [3.63, 3.8) is 0 Å². The Morgan fingerprint density at radius 3 is 2.47 bits per heavy atom. The van der Waals surface area contributed by atoms with Gasteiger partial charge in [-0.15, -0.1) is 0 Å². The summed E-state index contributed by atoms with van der Waals surface area (Å²) in [7, 11) is 0. The molecule has 0 radical (unpaired) electrons. The zero-order valence-corrected chi connectivity index (χ0v) is 11.5. The van der Waals surface area contributed by atoms with Crippen molar-refractivity contribution in [1.82, 2.24) is 5.32 Å². The fourth-order valence-corrected chi connectivity index (χ4v) is 3.37. The van der Waals surface area contributed by atoms with Crippen molar-refractivity contribution in [2.75, 3.05) is 19.3 Å². The predicted octanol–water partition coefficient (Wildman–Crippen LogP) is 1.76. The van der Waals surface area contributed by atoms with Gasteiger partial charge in [-0.05, 0) is 57.2 Å².